The molecule has 1 N–H and O–H groups in total. The lowest BCUT2D eigenvalue weighted by molar-refractivity contribution is -0.150. The van der Waals surface area contributed by atoms with Crippen LogP contribution in [0.2, 0.25) is 0 Å². The van der Waals surface area contributed by atoms with E-state index in [1.807, 2.05) is 32.9 Å². The minimum atomic E-state index is -0.488. The molecule has 3 aliphatic heterocycles. The first kappa shape index (κ1) is 25.5. The van der Waals surface area contributed by atoms with Crippen LogP contribution in [0.3, 0.4) is 0 Å². The molecule has 0 radical (unpaired) electrons. The van der Waals surface area contributed by atoms with E-state index in [9.17, 15) is 4.79 Å². The van der Waals surface area contributed by atoms with E-state index in [4.69, 9.17) is 14.5 Å². The van der Waals surface area contributed by atoms with E-state index in [2.05, 4.69) is 28.9 Å². The van der Waals surface area contributed by atoms with Crippen LogP contribution in [-0.2, 0) is 14.3 Å². The molecule has 6 heteroatoms. The normalized spacial score (nSPS) is 24.7. The van der Waals surface area contributed by atoms with Crippen LogP contribution in [0.15, 0.2) is 57.1 Å². The summed E-state index contributed by atoms with van der Waals surface area (Å²) in [5.74, 6) is 1.81. The summed E-state index contributed by atoms with van der Waals surface area (Å²) in [7, 11) is 0. The number of carbonyl (C=O) groups is 1. The van der Waals surface area contributed by atoms with Gasteiger partial charge in [-0.3, -0.25) is 0 Å². The van der Waals surface area contributed by atoms with Crippen molar-refractivity contribution in [2.45, 2.75) is 78.2 Å². The number of aliphatic imine (C=N–C) groups is 1. The Hall–Kier alpha value is -2.56. The van der Waals surface area contributed by atoms with Crippen molar-refractivity contribution in [3.05, 3.63) is 52.1 Å². The van der Waals surface area contributed by atoms with Crippen molar-refractivity contribution in [2.75, 3.05) is 32.8 Å². The van der Waals surface area contributed by atoms with Gasteiger partial charge in [0.05, 0.1) is 6.61 Å². The number of esters is 1. The summed E-state index contributed by atoms with van der Waals surface area (Å²) in [6.07, 6.45) is 13.6. The van der Waals surface area contributed by atoms with Gasteiger partial charge in [0.15, 0.2) is 0 Å². The fraction of sp³-hybridized carbons (Fsp3) is 0.621. The van der Waals surface area contributed by atoms with Crippen molar-refractivity contribution in [1.82, 2.24) is 10.2 Å². The van der Waals surface area contributed by atoms with Gasteiger partial charge in [-0.1, -0.05) is 29.9 Å². The SMILES string of the molecule is C/C=C1/CCCCC1COC1=C=CC2=C(CCNC2)C(N2CCC=C(C(=O)OC(C)(C)C)CC2)=N1. The largest absolute Gasteiger partial charge is 0.471 e. The summed E-state index contributed by atoms with van der Waals surface area (Å²) in [6, 6.07) is 0. The van der Waals surface area contributed by atoms with Gasteiger partial charge >= 0.3 is 5.97 Å². The van der Waals surface area contributed by atoms with E-state index in [1.54, 1.807) is 0 Å². The Morgan fingerprint density at radius 1 is 1.26 bits per heavy atom. The second-order valence-electron chi connectivity index (χ2n) is 10.8. The van der Waals surface area contributed by atoms with Gasteiger partial charge in [0.1, 0.15) is 11.4 Å². The van der Waals surface area contributed by atoms with Gasteiger partial charge in [-0.2, -0.15) is 4.99 Å². The first-order valence-electron chi connectivity index (χ1n) is 13.3. The monoisotopic (exact) mass is 479 g/mol. The lowest BCUT2D eigenvalue weighted by Gasteiger charge is -2.29. The number of rotatable bonds is 4. The van der Waals surface area contributed by atoms with Crippen LogP contribution in [0.25, 0.3) is 0 Å². The molecule has 4 aliphatic rings. The minimum Gasteiger partial charge on any atom is -0.471 e. The van der Waals surface area contributed by atoms with Crippen LogP contribution >= 0.6 is 0 Å². The van der Waals surface area contributed by atoms with Crippen molar-refractivity contribution in [3.8, 4) is 0 Å². The van der Waals surface area contributed by atoms with Crippen LogP contribution < -0.4 is 5.32 Å². The third kappa shape index (κ3) is 6.77. The van der Waals surface area contributed by atoms with Crippen molar-refractivity contribution < 1.29 is 14.3 Å². The number of nitrogens with zero attached hydrogens (tertiary/aromatic N) is 2. The molecule has 1 aliphatic carbocycles. The van der Waals surface area contributed by atoms with Crippen LogP contribution in [0, 0.1) is 5.92 Å². The van der Waals surface area contributed by atoms with Crippen LogP contribution in [0.4, 0.5) is 0 Å². The van der Waals surface area contributed by atoms with E-state index in [1.165, 1.54) is 42.4 Å². The molecule has 0 saturated heterocycles. The maximum Gasteiger partial charge on any atom is 0.334 e. The highest BCUT2D eigenvalue weighted by Gasteiger charge is 2.27. The van der Waals surface area contributed by atoms with Crippen LogP contribution in [0.5, 0.6) is 0 Å². The predicted molar refractivity (Wildman–Crippen MR) is 140 cm³/mol. The fourth-order valence-corrected chi connectivity index (χ4v) is 5.24. The van der Waals surface area contributed by atoms with Crippen molar-refractivity contribution in [1.29, 1.82) is 0 Å². The van der Waals surface area contributed by atoms with E-state index in [0.717, 1.165) is 50.4 Å². The molecule has 35 heavy (non-hydrogen) atoms. The number of amidine groups is 1. The van der Waals surface area contributed by atoms with E-state index < -0.39 is 5.60 Å². The number of hydrogen-bond acceptors (Lipinski definition) is 6. The molecule has 0 spiro atoms. The second-order valence-corrected chi connectivity index (χ2v) is 10.8. The van der Waals surface area contributed by atoms with Gasteiger partial charge in [-0.15, -0.1) is 0 Å². The topological polar surface area (TPSA) is 63.2 Å². The second kappa shape index (κ2) is 11.5. The minimum absolute atomic E-state index is 0.207. The van der Waals surface area contributed by atoms with Crippen LogP contribution in [0.1, 0.15) is 72.6 Å². The maximum atomic E-state index is 12.7. The summed E-state index contributed by atoms with van der Waals surface area (Å²) in [4.78, 5) is 20.0. The van der Waals surface area contributed by atoms with Crippen molar-refractivity contribution >= 4 is 11.8 Å². The molecule has 1 fully saturated rings. The average molecular weight is 480 g/mol. The molecule has 1 saturated carbocycles. The van der Waals surface area contributed by atoms with Crippen LogP contribution in [-0.4, -0.2) is 55.1 Å². The highest BCUT2D eigenvalue weighted by Crippen LogP contribution is 2.31. The Kier molecular flexibility index (Phi) is 8.35. The molecule has 190 valence electrons. The zero-order chi connectivity index (χ0) is 24.8. The van der Waals surface area contributed by atoms with Gasteiger partial charge in [-0.25, -0.2) is 4.79 Å². The number of allylic oxidation sites excluding steroid dienone is 1. The zero-order valence-electron chi connectivity index (χ0n) is 21.9. The number of nitrogens with one attached hydrogen (secondary N) is 1. The summed E-state index contributed by atoms with van der Waals surface area (Å²) in [5, 5.41) is 3.47. The highest BCUT2D eigenvalue weighted by molar-refractivity contribution is 6.00. The lowest BCUT2D eigenvalue weighted by Crippen LogP contribution is -2.37. The molecule has 1 atom stereocenters. The number of hydrogen-bond donors (Lipinski definition) is 1. The lowest BCUT2D eigenvalue weighted by atomic mass is 9.85. The Morgan fingerprint density at radius 2 is 2.11 bits per heavy atom. The average Bonchev–Trinajstić information content (AvgIpc) is 3.19. The summed E-state index contributed by atoms with van der Waals surface area (Å²) >= 11 is 0. The Balaban J connectivity index is 1.50. The van der Waals surface area contributed by atoms with E-state index >= 15 is 0 Å². The first-order valence-corrected chi connectivity index (χ1v) is 13.3. The van der Waals surface area contributed by atoms with Gasteiger partial charge in [-0.05, 0) is 84.4 Å². The summed E-state index contributed by atoms with van der Waals surface area (Å²) < 4.78 is 11.9. The molecule has 0 bridgehead atoms. The molecule has 1 unspecified atom stereocenters. The van der Waals surface area contributed by atoms with Gasteiger partial charge in [0.2, 0.25) is 0 Å². The zero-order valence-corrected chi connectivity index (χ0v) is 21.9. The molecule has 0 aromatic heterocycles. The van der Waals surface area contributed by atoms with Crippen molar-refractivity contribution in [2.24, 2.45) is 10.9 Å². The summed E-state index contributed by atoms with van der Waals surface area (Å²) in [5.41, 5.74) is 7.62. The molecule has 4 rings (SSSR count). The molecular weight excluding hydrogens is 438 g/mol. The van der Waals surface area contributed by atoms with Gasteiger partial charge < -0.3 is 19.7 Å². The Labute approximate surface area is 210 Å². The quantitative estimate of drug-likeness (QED) is 0.341. The number of carbonyl (C=O) groups excluding carboxylic acids is 1. The Bertz CT molecular complexity index is 1000. The van der Waals surface area contributed by atoms with Crippen molar-refractivity contribution in [3.63, 3.8) is 0 Å². The molecule has 6 nitrogen and oxygen atoms in total. The third-order valence-electron chi connectivity index (χ3n) is 7.09. The fourth-order valence-electron chi connectivity index (χ4n) is 5.24. The Morgan fingerprint density at radius 3 is 2.91 bits per heavy atom. The first-order chi connectivity index (χ1) is 16.8. The number of ether oxygens (including phenoxy) is 2. The van der Waals surface area contributed by atoms with Gasteiger partial charge in [0.25, 0.3) is 5.88 Å². The molecule has 3 heterocycles. The predicted octanol–water partition coefficient (Wildman–Crippen LogP) is 5.20. The molecule has 0 aromatic rings. The van der Waals surface area contributed by atoms with E-state index in [-0.39, 0.29) is 5.97 Å². The van der Waals surface area contributed by atoms with Gasteiger partial charge in [0, 0.05) is 36.7 Å². The summed E-state index contributed by atoms with van der Waals surface area (Å²) in [6.45, 7) is 11.8. The standard InChI is InChI=1S/C29H41N3O3/c1-5-21-9-6-7-10-24(21)20-34-26-13-12-23-19-30-16-14-25(23)27(31-26)32-17-8-11-22(15-18-32)28(33)35-29(2,3)4/h5,11-12,24,30H,6-10,14-20H2,1-4H3/b21-5-. The molecule has 0 amide bonds. The smallest absolute Gasteiger partial charge is 0.334 e. The molecule has 0 aromatic carbocycles. The third-order valence-corrected chi connectivity index (χ3v) is 7.09. The molecular formula is C29H41N3O3. The maximum absolute atomic E-state index is 12.7. The van der Waals surface area contributed by atoms with E-state index in [0.29, 0.717) is 24.8 Å². The highest BCUT2D eigenvalue weighted by atomic mass is 16.6.